The van der Waals surface area contributed by atoms with Crippen LogP contribution in [0.15, 0.2) is 22.2 Å². The van der Waals surface area contributed by atoms with E-state index in [2.05, 4.69) is 26.0 Å². The molecule has 2 aromatic rings. The Hall–Kier alpha value is -1.41. The maximum atomic E-state index is 11.4. The van der Waals surface area contributed by atoms with Crippen molar-refractivity contribution in [1.82, 2.24) is 14.8 Å². The molecule has 2 heterocycles. The van der Waals surface area contributed by atoms with Gasteiger partial charge in [0.1, 0.15) is 19.5 Å². The Morgan fingerprint density at radius 1 is 1.59 bits per heavy atom. The second-order valence-electron chi connectivity index (χ2n) is 3.17. The number of nitrogen functional groups attached to an aromatic ring is 1. The molecule has 6 nitrogen and oxygen atoms in total. The molecule has 90 valence electrons. The van der Waals surface area contributed by atoms with Crippen LogP contribution in [0.1, 0.15) is 4.88 Å². The van der Waals surface area contributed by atoms with E-state index in [4.69, 9.17) is 10.5 Å². The molecule has 0 saturated heterocycles. The summed E-state index contributed by atoms with van der Waals surface area (Å²) in [4.78, 5) is 16.1. The number of thiophene rings is 1. The highest BCUT2D eigenvalue weighted by molar-refractivity contribution is 9.11. The van der Waals surface area contributed by atoms with Crippen molar-refractivity contribution >= 4 is 39.2 Å². The van der Waals surface area contributed by atoms with Crippen LogP contribution in [0.2, 0.25) is 0 Å². The third-order valence-electron chi connectivity index (χ3n) is 1.85. The fourth-order valence-electron chi connectivity index (χ4n) is 1.14. The molecule has 2 aromatic heterocycles. The highest BCUT2D eigenvalue weighted by Crippen LogP contribution is 2.22. The molecule has 0 aliphatic carbocycles. The Morgan fingerprint density at radius 3 is 3.00 bits per heavy atom. The molecular weight excluding hydrogens is 308 g/mol. The van der Waals surface area contributed by atoms with Gasteiger partial charge in [-0.2, -0.15) is 0 Å². The van der Waals surface area contributed by atoms with E-state index in [0.717, 1.165) is 8.66 Å². The smallest absolute Gasteiger partial charge is 0.328 e. The summed E-state index contributed by atoms with van der Waals surface area (Å²) in [6.45, 7) is 0.274. The van der Waals surface area contributed by atoms with Crippen molar-refractivity contribution in [3.63, 3.8) is 0 Å². The molecule has 0 amide bonds. The zero-order chi connectivity index (χ0) is 12.3. The minimum absolute atomic E-state index is 0.0107. The standard InChI is InChI=1S/C9H9BrN4O2S/c10-7-2-1-6(17-7)4-16-8(15)3-14-5-12-9(11)13-14/h1-2,5H,3-4H2,(H2,11,13). The Labute approximate surface area is 110 Å². The van der Waals surface area contributed by atoms with E-state index in [1.54, 1.807) is 0 Å². The number of nitrogens with two attached hydrogens (primary N) is 1. The van der Waals surface area contributed by atoms with Crippen LogP contribution in [0.4, 0.5) is 5.95 Å². The SMILES string of the molecule is Nc1ncn(CC(=O)OCc2ccc(Br)s2)n1. The summed E-state index contributed by atoms with van der Waals surface area (Å²) in [6.07, 6.45) is 1.39. The van der Waals surface area contributed by atoms with Crippen molar-refractivity contribution in [2.75, 3.05) is 5.73 Å². The second-order valence-corrected chi connectivity index (χ2v) is 5.71. The molecule has 0 aliphatic rings. The van der Waals surface area contributed by atoms with Crippen molar-refractivity contribution < 1.29 is 9.53 Å². The van der Waals surface area contributed by atoms with Crippen molar-refractivity contribution in [2.45, 2.75) is 13.2 Å². The number of rotatable bonds is 4. The first-order valence-electron chi connectivity index (χ1n) is 4.68. The topological polar surface area (TPSA) is 83.0 Å². The minimum Gasteiger partial charge on any atom is -0.459 e. The predicted molar refractivity (Wildman–Crippen MR) is 66.2 cm³/mol. The molecule has 0 atom stereocenters. The number of ether oxygens (including phenoxy) is 1. The lowest BCUT2D eigenvalue weighted by Crippen LogP contribution is -2.13. The summed E-state index contributed by atoms with van der Waals surface area (Å²) in [6, 6.07) is 3.81. The molecule has 0 unspecified atom stereocenters. The summed E-state index contributed by atoms with van der Waals surface area (Å²) < 4.78 is 7.42. The number of halogens is 1. The molecular formula is C9H9BrN4O2S. The number of hydrogen-bond donors (Lipinski definition) is 1. The van der Waals surface area contributed by atoms with Crippen molar-refractivity contribution in [2.24, 2.45) is 0 Å². The van der Waals surface area contributed by atoms with Gasteiger partial charge in [-0.05, 0) is 28.1 Å². The fraction of sp³-hybridized carbons (Fsp3) is 0.222. The number of hydrogen-bond acceptors (Lipinski definition) is 6. The van der Waals surface area contributed by atoms with E-state index in [1.165, 1.54) is 22.3 Å². The summed E-state index contributed by atoms with van der Waals surface area (Å²) in [5, 5.41) is 3.79. The number of esters is 1. The van der Waals surface area contributed by atoms with Crippen LogP contribution in [0.3, 0.4) is 0 Å². The quantitative estimate of drug-likeness (QED) is 0.863. The van der Waals surface area contributed by atoms with Gasteiger partial charge in [-0.1, -0.05) is 0 Å². The average molecular weight is 317 g/mol. The molecule has 0 bridgehead atoms. The van der Waals surface area contributed by atoms with Crippen LogP contribution in [-0.2, 0) is 22.7 Å². The van der Waals surface area contributed by atoms with Gasteiger partial charge in [0.15, 0.2) is 0 Å². The highest BCUT2D eigenvalue weighted by Gasteiger charge is 2.07. The van der Waals surface area contributed by atoms with Crippen molar-refractivity contribution in [3.05, 3.63) is 27.1 Å². The van der Waals surface area contributed by atoms with Gasteiger partial charge in [0, 0.05) is 4.88 Å². The van der Waals surface area contributed by atoms with Crippen LogP contribution in [0.5, 0.6) is 0 Å². The fourth-order valence-corrected chi connectivity index (χ4v) is 2.54. The highest BCUT2D eigenvalue weighted by atomic mass is 79.9. The van der Waals surface area contributed by atoms with E-state index >= 15 is 0 Å². The summed E-state index contributed by atoms with van der Waals surface area (Å²) in [5.41, 5.74) is 5.32. The number of anilines is 1. The molecule has 0 radical (unpaired) electrons. The molecule has 8 heteroatoms. The van der Waals surface area contributed by atoms with Gasteiger partial charge < -0.3 is 10.5 Å². The van der Waals surface area contributed by atoms with Crippen LogP contribution >= 0.6 is 27.3 Å². The van der Waals surface area contributed by atoms with Crippen LogP contribution in [0.25, 0.3) is 0 Å². The molecule has 0 fully saturated rings. The van der Waals surface area contributed by atoms with E-state index in [0.29, 0.717) is 0 Å². The van der Waals surface area contributed by atoms with E-state index in [1.807, 2.05) is 12.1 Å². The van der Waals surface area contributed by atoms with Gasteiger partial charge >= 0.3 is 5.97 Å². The number of aromatic nitrogens is 3. The monoisotopic (exact) mass is 316 g/mol. The van der Waals surface area contributed by atoms with E-state index in [-0.39, 0.29) is 25.1 Å². The maximum Gasteiger partial charge on any atom is 0.328 e. The third-order valence-corrected chi connectivity index (χ3v) is 3.45. The Bertz CT molecular complexity index is 525. The van der Waals surface area contributed by atoms with Crippen LogP contribution in [0, 0.1) is 0 Å². The normalized spacial score (nSPS) is 10.4. The zero-order valence-corrected chi connectivity index (χ0v) is 11.1. The number of carbonyl (C=O) groups excluding carboxylic acids is 1. The lowest BCUT2D eigenvalue weighted by atomic mass is 10.5. The Kier molecular flexibility index (Phi) is 3.75. The van der Waals surface area contributed by atoms with Gasteiger partial charge in [0.05, 0.1) is 3.79 Å². The Balaban J connectivity index is 1.82. The van der Waals surface area contributed by atoms with Crippen molar-refractivity contribution in [1.29, 1.82) is 0 Å². The molecule has 0 saturated carbocycles. The molecule has 0 aromatic carbocycles. The summed E-state index contributed by atoms with van der Waals surface area (Å²) in [5.74, 6) is -0.237. The second kappa shape index (κ2) is 5.28. The molecule has 2 rings (SSSR count). The lowest BCUT2D eigenvalue weighted by Gasteiger charge is -2.02. The van der Waals surface area contributed by atoms with Gasteiger partial charge in [-0.15, -0.1) is 16.4 Å². The van der Waals surface area contributed by atoms with E-state index in [9.17, 15) is 4.79 Å². The number of carbonyl (C=O) groups is 1. The van der Waals surface area contributed by atoms with Gasteiger partial charge in [0.25, 0.3) is 0 Å². The Morgan fingerprint density at radius 2 is 2.41 bits per heavy atom. The summed E-state index contributed by atoms with van der Waals surface area (Å²) >= 11 is 4.86. The van der Waals surface area contributed by atoms with Crippen molar-refractivity contribution in [3.8, 4) is 0 Å². The first-order chi connectivity index (χ1) is 8.13. The van der Waals surface area contributed by atoms with Crippen LogP contribution < -0.4 is 5.73 Å². The third kappa shape index (κ3) is 3.53. The zero-order valence-electron chi connectivity index (χ0n) is 8.67. The largest absolute Gasteiger partial charge is 0.459 e. The summed E-state index contributed by atoms with van der Waals surface area (Å²) in [7, 11) is 0. The van der Waals surface area contributed by atoms with E-state index < -0.39 is 0 Å². The van der Waals surface area contributed by atoms with Gasteiger partial charge in [0.2, 0.25) is 5.95 Å². The van der Waals surface area contributed by atoms with Gasteiger partial charge in [-0.3, -0.25) is 4.79 Å². The van der Waals surface area contributed by atoms with Gasteiger partial charge in [-0.25, -0.2) is 9.67 Å². The molecule has 0 spiro atoms. The number of nitrogens with zero attached hydrogens (tertiary/aromatic N) is 3. The molecule has 0 aliphatic heterocycles. The average Bonchev–Trinajstić information content (AvgIpc) is 2.85. The maximum absolute atomic E-state index is 11.4. The first kappa shape index (κ1) is 12.1. The minimum atomic E-state index is -0.376. The van der Waals surface area contributed by atoms with Crippen LogP contribution in [-0.4, -0.2) is 20.7 Å². The lowest BCUT2D eigenvalue weighted by molar-refractivity contribution is -0.145. The first-order valence-corrected chi connectivity index (χ1v) is 6.29. The molecule has 2 N–H and O–H groups in total. The molecule has 17 heavy (non-hydrogen) atoms. The predicted octanol–water partition coefficient (Wildman–Crippen LogP) is 1.43.